The zero-order valence-corrected chi connectivity index (χ0v) is 11.5. The normalized spacial score (nSPS) is 15.6. The lowest BCUT2D eigenvalue weighted by molar-refractivity contribution is 0.348. The molecule has 96 valence electrons. The summed E-state index contributed by atoms with van der Waals surface area (Å²) in [5.41, 5.74) is 7.80. The van der Waals surface area contributed by atoms with E-state index in [2.05, 4.69) is 45.1 Å². The van der Waals surface area contributed by atoms with E-state index in [0.717, 1.165) is 13.1 Å². The van der Waals surface area contributed by atoms with Gasteiger partial charge in [0.2, 0.25) is 0 Å². The predicted molar refractivity (Wildman–Crippen MR) is 74.9 cm³/mol. The standard InChI is InChI=1S/C15H26N2/c1-12(10-17-11-15(2,3)4)14(16)13-8-6-5-7-9-13/h5-9,12,14,17H,10-11,16H2,1-4H3. The maximum absolute atomic E-state index is 6.25. The van der Waals surface area contributed by atoms with E-state index < -0.39 is 0 Å². The third kappa shape index (κ3) is 5.33. The fourth-order valence-corrected chi connectivity index (χ4v) is 1.81. The molecule has 2 atom stereocenters. The summed E-state index contributed by atoms with van der Waals surface area (Å²) < 4.78 is 0. The van der Waals surface area contributed by atoms with E-state index in [0.29, 0.717) is 11.3 Å². The molecule has 0 aliphatic carbocycles. The maximum atomic E-state index is 6.25. The van der Waals surface area contributed by atoms with Crippen molar-refractivity contribution < 1.29 is 0 Å². The van der Waals surface area contributed by atoms with Crippen LogP contribution in [0.3, 0.4) is 0 Å². The van der Waals surface area contributed by atoms with Gasteiger partial charge in [-0.2, -0.15) is 0 Å². The minimum Gasteiger partial charge on any atom is -0.324 e. The highest BCUT2D eigenvalue weighted by molar-refractivity contribution is 5.19. The Morgan fingerprint density at radius 3 is 2.29 bits per heavy atom. The van der Waals surface area contributed by atoms with Crippen molar-refractivity contribution in [1.29, 1.82) is 0 Å². The third-order valence-corrected chi connectivity index (χ3v) is 2.92. The Balaban J connectivity index is 2.40. The van der Waals surface area contributed by atoms with Crippen molar-refractivity contribution in [3.63, 3.8) is 0 Å². The smallest absolute Gasteiger partial charge is 0.0333 e. The van der Waals surface area contributed by atoms with Crippen LogP contribution in [0.4, 0.5) is 0 Å². The number of nitrogens with one attached hydrogen (secondary N) is 1. The van der Waals surface area contributed by atoms with Crippen LogP contribution in [0.2, 0.25) is 0 Å². The first-order chi connectivity index (χ1) is 7.90. The van der Waals surface area contributed by atoms with Gasteiger partial charge in [0.1, 0.15) is 0 Å². The van der Waals surface area contributed by atoms with Gasteiger partial charge in [-0.05, 0) is 23.4 Å². The average molecular weight is 234 g/mol. The highest BCUT2D eigenvalue weighted by atomic mass is 14.9. The van der Waals surface area contributed by atoms with Gasteiger partial charge in [0.05, 0.1) is 0 Å². The molecule has 0 spiro atoms. The molecule has 0 aliphatic rings. The lowest BCUT2D eigenvalue weighted by atomic mass is 9.94. The van der Waals surface area contributed by atoms with Crippen LogP contribution in [0.15, 0.2) is 30.3 Å². The monoisotopic (exact) mass is 234 g/mol. The van der Waals surface area contributed by atoms with Gasteiger partial charge < -0.3 is 11.1 Å². The van der Waals surface area contributed by atoms with Crippen molar-refractivity contribution in [2.45, 2.75) is 33.7 Å². The van der Waals surface area contributed by atoms with Gasteiger partial charge in [0.25, 0.3) is 0 Å². The van der Waals surface area contributed by atoms with Gasteiger partial charge in [-0.25, -0.2) is 0 Å². The summed E-state index contributed by atoms with van der Waals surface area (Å²) >= 11 is 0. The molecule has 1 rings (SSSR count). The van der Waals surface area contributed by atoms with Gasteiger partial charge in [0.15, 0.2) is 0 Å². The van der Waals surface area contributed by atoms with Gasteiger partial charge in [-0.15, -0.1) is 0 Å². The van der Waals surface area contributed by atoms with E-state index in [-0.39, 0.29) is 6.04 Å². The summed E-state index contributed by atoms with van der Waals surface area (Å²) in [6.45, 7) is 10.9. The van der Waals surface area contributed by atoms with E-state index in [9.17, 15) is 0 Å². The average Bonchev–Trinajstić information content (AvgIpc) is 2.27. The molecule has 0 saturated heterocycles. The summed E-state index contributed by atoms with van der Waals surface area (Å²) in [5.74, 6) is 0.444. The van der Waals surface area contributed by atoms with Gasteiger partial charge >= 0.3 is 0 Å². The SMILES string of the molecule is CC(CNCC(C)(C)C)C(N)c1ccccc1. The maximum Gasteiger partial charge on any atom is 0.0333 e. The second-order valence-corrected chi connectivity index (χ2v) is 6.11. The Labute approximate surface area is 106 Å². The summed E-state index contributed by atoms with van der Waals surface area (Å²) in [5, 5.41) is 3.50. The Morgan fingerprint density at radius 2 is 1.76 bits per heavy atom. The van der Waals surface area contributed by atoms with Gasteiger partial charge in [0, 0.05) is 12.6 Å². The van der Waals surface area contributed by atoms with Gasteiger partial charge in [-0.3, -0.25) is 0 Å². The number of benzene rings is 1. The topological polar surface area (TPSA) is 38.0 Å². The largest absolute Gasteiger partial charge is 0.324 e. The van der Waals surface area contributed by atoms with Crippen LogP contribution in [0.25, 0.3) is 0 Å². The third-order valence-electron chi connectivity index (χ3n) is 2.92. The Kier molecular flexibility index (Phi) is 5.16. The van der Waals surface area contributed by atoms with Crippen molar-refractivity contribution in [3.05, 3.63) is 35.9 Å². The van der Waals surface area contributed by atoms with Crippen molar-refractivity contribution in [3.8, 4) is 0 Å². The van der Waals surface area contributed by atoms with E-state index in [1.807, 2.05) is 18.2 Å². The van der Waals surface area contributed by atoms with Crippen molar-refractivity contribution in [2.24, 2.45) is 17.1 Å². The van der Waals surface area contributed by atoms with Crippen LogP contribution in [-0.4, -0.2) is 13.1 Å². The zero-order chi connectivity index (χ0) is 12.9. The molecular formula is C15H26N2. The van der Waals surface area contributed by atoms with Gasteiger partial charge in [-0.1, -0.05) is 58.0 Å². The number of hydrogen-bond donors (Lipinski definition) is 2. The second kappa shape index (κ2) is 6.18. The van der Waals surface area contributed by atoms with Crippen LogP contribution < -0.4 is 11.1 Å². The Morgan fingerprint density at radius 1 is 1.18 bits per heavy atom. The van der Waals surface area contributed by atoms with E-state index >= 15 is 0 Å². The minimum absolute atomic E-state index is 0.115. The van der Waals surface area contributed by atoms with Crippen molar-refractivity contribution in [2.75, 3.05) is 13.1 Å². The minimum atomic E-state index is 0.115. The highest BCUT2D eigenvalue weighted by Gasteiger charge is 2.15. The molecule has 2 nitrogen and oxygen atoms in total. The molecule has 2 heteroatoms. The van der Waals surface area contributed by atoms with E-state index in [4.69, 9.17) is 5.73 Å². The molecule has 0 fully saturated rings. The first-order valence-electron chi connectivity index (χ1n) is 6.41. The van der Waals surface area contributed by atoms with Crippen LogP contribution in [0, 0.1) is 11.3 Å². The number of hydrogen-bond acceptors (Lipinski definition) is 2. The molecule has 0 saturated carbocycles. The molecule has 3 N–H and O–H groups in total. The summed E-state index contributed by atoms with van der Waals surface area (Å²) in [6, 6.07) is 10.4. The lowest BCUT2D eigenvalue weighted by Gasteiger charge is -2.24. The van der Waals surface area contributed by atoms with Crippen molar-refractivity contribution in [1.82, 2.24) is 5.32 Å². The lowest BCUT2D eigenvalue weighted by Crippen LogP contribution is -2.34. The molecule has 0 radical (unpaired) electrons. The first-order valence-corrected chi connectivity index (χ1v) is 6.41. The molecule has 0 aromatic heterocycles. The molecular weight excluding hydrogens is 208 g/mol. The summed E-state index contributed by atoms with van der Waals surface area (Å²) in [7, 11) is 0. The Bertz CT molecular complexity index is 313. The molecule has 0 aliphatic heterocycles. The molecule has 17 heavy (non-hydrogen) atoms. The van der Waals surface area contributed by atoms with Crippen molar-refractivity contribution >= 4 is 0 Å². The molecule has 0 amide bonds. The molecule has 0 bridgehead atoms. The fourth-order valence-electron chi connectivity index (χ4n) is 1.81. The van der Waals surface area contributed by atoms with Crippen LogP contribution in [0.5, 0.6) is 0 Å². The van der Waals surface area contributed by atoms with Crippen LogP contribution >= 0.6 is 0 Å². The number of nitrogens with two attached hydrogens (primary N) is 1. The van der Waals surface area contributed by atoms with Crippen LogP contribution in [0.1, 0.15) is 39.3 Å². The van der Waals surface area contributed by atoms with Crippen LogP contribution in [-0.2, 0) is 0 Å². The van der Waals surface area contributed by atoms with E-state index in [1.54, 1.807) is 0 Å². The zero-order valence-electron chi connectivity index (χ0n) is 11.5. The summed E-state index contributed by atoms with van der Waals surface area (Å²) in [4.78, 5) is 0. The van der Waals surface area contributed by atoms with E-state index in [1.165, 1.54) is 5.56 Å². The molecule has 1 aromatic carbocycles. The first kappa shape index (κ1) is 14.2. The summed E-state index contributed by atoms with van der Waals surface area (Å²) in [6.07, 6.45) is 0. The predicted octanol–water partition coefficient (Wildman–Crippen LogP) is 2.96. The highest BCUT2D eigenvalue weighted by Crippen LogP contribution is 2.18. The fraction of sp³-hybridized carbons (Fsp3) is 0.600. The second-order valence-electron chi connectivity index (χ2n) is 6.11. The molecule has 1 aromatic rings. The molecule has 0 heterocycles. The Hall–Kier alpha value is -0.860. The quantitative estimate of drug-likeness (QED) is 0.822. The number of rotatable bonds is 5. The molecule has 2 unspecified atom stereocenters.